The van der Waals surface area contributed by atoms with Crippen molar-refractivity contribution >= 4 is 11.9 Å². The van der Waals surface area contributed by atoms with Crippen LogP contribution in [0, 0.1) is 0 Å². The minimum atomic E-state index is -1.82. The first-order chi connectivity index (χ1) is 27.6. The summed E-state index contributed by atoms with van der Waals surface area (Å²) >= 11 is 0. The minimum absolute atomic E-state index is 0.162. The van der Waals surface area contributed by atoms with Crippen LogP contribution in [-0.2, 0) is 38.0 Å². The molecule has 0 aliphatic carbocycles. The Balaban J connectivity index is 1.91. The number of aliphatic hydroxyl groups excluding tert-OH is 7. The molecule has 2 heterocycles. The standard InChI is InChI=1S/C42H78O15/c1-3-5-7-9-11-13-14-15-17-18-20-22-24-33(45)52-28-30(54-34(46)25-23-21-19-16-12-10-8-6-4-2)29-53-41-39(51)40(36(48)32(27-44)55-41)57-42-38(50)37(49)35(47)31(26-43)56-42/h30-32,35-44,47-51H,3-29H2,1-2H3/t30?,31-,32-,35-,36+,37+,38-,39-,40+,41-,42+/m1/s1. The molecular formula is C42H78O15. The second-order valence-corrected chi connectivity index (χ2v) is 15.9. The Kier molecular flexibility index (Phi) is 28.4. The summed E-state index contributed by atoms with van der Waals surface area (Å²) in [6, 6.07) is 0. The third-order valence-corrected chi connectivity index (χ3v) is 10.9. The van der Waals surface area contributed by atoms with Crippen molar-refractivity contribution in [3.63, 3.8) is 0 Å². The van der Waals surface area contributed by atoms with Gasteiger partial charge in [-0.3, -0.25) is 9.59 Å². The lowest BCUT2D eigenvalue weighted by Gasteiger charge is -2.46. The molecule has 57 heavy (non-hydrogen) atoms. The molecule has 2 saturated heterocycles. The molecule has 15 nitrogen and oxygen atoms in total. The van der Waals surface area contributed by atoms with Gasteiger partial charge in [-0.1, -0.05) is 136 Å². The van der Waals surface area contributed by atoms with Crippen molar-refractivity contribution in [3.8, 4) is 0 Å². The molecule has 0 aromatic carbocycles. The Bertz CT molecular complexity index is 1020. The number of rotatable bonds is 33. The second-order valence-electron chi connectivity index (χ2n) is 15.9. The van der Waals surface area contributed by atoms with Crippen molar-refractivity contribution in [3.05, 3.63) is 0 Å². The van der Waals surface area contributed by atoms with E-state index < -0.39 is 99.3 Å². The monoisotopic (exact) mass is 823 g/mol. The van der Waals surface area contributed by atoms with E-state index in [0.29, 0.717) is 12.8 Å². The number of hydrogen-bond donors (Lipinski definition) is 7. The second kappa shape index (κ2) is 31.4. The van der Waals surface area contributed by atoms with Crippen molar-refractivity contribution in [2.45, 2.75) is 229 Å². The highest BCUT2D eigenvalue weighted by Crippen LogP contribution is 2.30. The van der Waals surface area contributed by atoms with Gasteiger partial charge in [-0.25, -0.2) is 0 Å². The van der Waals surface area contributed by atoms with E-state index in [1.54, 1.807) is 0 Å². The third-order valence-electron chi connectivity index (χ3n) is 10.9. The average molecular weight is 823 g/mol. The van der Waals surface area contributed by atoms with Crippen molar-refractivity contribution in [1.29, 1.82) is 0 Å². The zero-order valence-electron chi connectivity index (χ0n) is 34.8. The molecule has 0 aromatic rings. The van der Waals surface area contributed by atoms with Crippen LogP contribution in [0.1, 0.15) is 162 Å². The SMILES string of the molecule is CCCCCCCCCCCCCCC(=O)OCC(CO[C@@H]1O[C@H](CO)[C@H](O)[C@H](O[C@@H]2O[C@H](CO)[C@@H](O)[C@H](O)[C@H]2O)[C@H]1O)OC(=O)CCCCCCCCCCC. The summed E-state index contributed by atoms with van der Waals surface area (Å²) in [4.78, 5) is 25.6. The Morgan fingerprint density at radius 3 is 1.44 bits per heavy atom. The van der Waals surface area contributed by atoms with E-state index in [1.807, 2.05) is 0 Å². The maximum absolute atomic E-state index is 12.9. The van der Waals surface area contributed by atoms with E-state index in [1.165, 1.54) is 83.5 Å². The molecule has 0 radical (unpaired) electrons. The Labute approximate surface area is 340 Å². The fourth-order valence-corrected chi connectivity index (χ4v) is 7.20. The number of carbonyl (C=O) groups is 2. The van der Waals surface area contributed by atoms with Gasteiger partial charge in [-0.15, -0.1) is 0 Å². The van der Waals surface area contributed by atoms with Crippen LogP contribution in [0.3, 0.4) is 0 Å². The molecule has 11 atom stereocenters. The zero-order valence-corrected chi connectivity index (χ0v) is 34.8. The van der Waals surface area contributed by atoms with Crippen molar-refractivity contribution in [1.82, 2.24) is 0 Å². The van der Waals surface area contributed by atoms with Crippen LogP contribution in [0.2, 0.25) is 0 Å². The van der Waals surface area contributed by atoms with Gasteiger partial charge < -0.3 is 64.2 Å². The average Bonchev–Trinajstić information content (AvgIpc) is 3.20. The molecular weight excluding hydrogens is 744 g/mol. The lowest BCUT2D eigenvalue weighted by Crippen LogP contribution is -2.65. The number of ether oxygens (including phenoxy) is 6. The molecule has 336 valence electrons. The predicted molar refractivity (Wildman–Crippen MR) is 211 cm³/mol. The van der Waals surface area contributed by atoms with Crippen molar-refractivity contribution in [2.75, 3.05) is 26.4 Å². The molecule has 0 bridgehead atoms. The normalized spacial score (nSPS) is 28.3. The molecule has 1 unspecified atom stereocenters. The van der Waals surface area contributed by atoms with Crippen molar-refractivity contribution in [2.24, 2.45) is 0 Å². The third kappa shape index (κ3) is 20.5. The quantitative estimate of drug-likeness (QED) is 0.0365. The van der Waals surface area contributed by atoms with Gasteiger partial charge in [0.05, 0.1) is 19.8 Å². The molecule has 2 rings (SSSR count). The van der Waals surface area contributed by atoms with Crippen LogP contribution in [0.15, 0.2) is 0 Å². The molecule has 0 aromatic heterocycles. The van der Waals surface area contributed by atoms with Crippen molar-refractivity contribution < 1.29 is 73.8 Å². The molecule has 7 N–H and O–H groups in total. The Hall–Kier alpha value is -1.50. The van der Waals surface area contributed by atoms with E-state index in [4.69, 9.17) is 28.4 Å². The molecule has 15 heteroatoms. The zero-order chi connectivity index (χ0) is 41.8. The minimum Gasteiger partial charge on any atom is -0.462 e. The van der Waals surface area contributed by atoms with Gasteiger partial charge in [0.25, 0.3) is 0 Å². The largest absolute Gasteiger partial charge is 0.462 e. The van der Waals surface area contributed by atoms with E-state index in [-0.39, 0.29) is 19.4 Å². The van der Waals surface area contributed by atoms with Crippen LogP contribution in [0.25, 0.3) is 0 Å². The highest BCUT2D eigenvalue weighted by molar-refractivity contribution is 5.70. The van der Waals surface area contributed by atoms with Gasteiger partial charge in [0.1, 0.15) is 55.4 Å². The summed E-state index contributed by atoms with van der Waals surface area (Å²) in [6.07, 6.45) is 6.83. The first kappa shape index (κ1) is 51.6. The molecule has 2 aliphatic rings. The Morgan fingerprint density at radius 2 is 0.947 bits per heavy atom. The molecule has 0 spiro atoms. The molecule has 0 saturated carbocycles. The summed E-state index contributed by atoms with van der Waals surface area (Å²) in [6.45, 7) is 2.26. The highest BCUT2D eigenvalue weighted by Gasteiger charge is 2.51. The van der Waals surface area contributed by atoms with Crippen LogP contribution in [0.5, 0.6) is 0 Å². The molecule has 2 aliphatic heterocycles. The summed E-state index contributed by atoms with van der Waals surface area (Å²) in [7, 11) is 0. The number of unbranched alkanes of at least 4 members (excludes halogenated alkanes) is 19. The maximum Gasteiger partial charge on any atom is 0.306 e. The predicted octanol–water partition coefficient (Wildman–Crippen LogP) is 4.09. The van der Waals surface area contributed by atoms with Gasteiger partial charge >= 0.3 is 11.9 Å². The fourth-order valence-electron chi connectivity index (χ4n) is 7.20. The van der Waals surface area contributed by atoms with E-state index >= 15 is 0 Å². The van der Waals surface area contributed by atoms with Crippen LogP contribution in [0.4, 0.5) is 0 Å². The van der Waals surface area contributed by atoms with Gasteiger partial charge in [0.2, 0.25) is 0 Å². The van der Waals surface area contributed by atoms with Gasteiger partial charge in [-0.05, 0) is 12.8 Å². The maximum atomic E-state index is 12.9. The first-order valence-corrected chi connectivity index (χ1v) is 22.1. The summed E-state index contributed by atoms with van der Waals surface area (Å²) < 4.78 is 33.6. The summed E-state index contributed by atoms with van der Waals surface area (Å²) in [5.41, 5.74) is 0. The van der Waals surface area contributed by atoms with Gasteiger partial charge in [0, 0.05) is 12.8 Å². The van der Waals surface area contributed by atoms with E-state index in [9.17, 15) is 45.3 Å². The topological polar surface area (TPSA) is 231 Å². The molecule has 2 fully saturated rings. The van der Waals surface area contributed by atoms with Crippen LogP contribution >= 0.6 is 0 Å². The van der Waals surface area contributed by atoms with Crippen LogP contribution < -0.4 is 0 Å². The van der Waals surface area contributed by atoms with Crippen LogP contribution in [-0.4, -0.2) is 142 Å². The summed E-state index contributed by atoms with van der Waals surface area (Å²) in [5.74, 6) is -0.936. The highest BCUT2D eigenvalue weighted by atomic mass is 16.7. The lowest BCUT2D eigenvalue weighted by atomic mass is 9.97. The number of aliphatic hydroxyl groups is 7. The van der Waals surface area contributed by atoms with E-state index in [2.05, 4.69) is 13.8 Å². The summed E-state index contributed by atoms with van der Waals surface area (Å²) in [5, 5.41) is 72.2. The lowest BCUT2D eigenvalue weighted by molar-refractivity contribution is -0.361. The van der Waals surface area contributed by atoms with E-state index in [0.717, 1.165) is 38.5 Å². The first-order valence-electron chi connectivity index (χ1n) is 22.1. The smallest absolute Gasteiger partial charge is 0.306 e. The number of carbonyl (C=O) groups excluding carboxylic acids is 2. The number of esters is 2. The van der Waals surface area contributed by atoms with Gasteiger partial charge in [0.15, 0.2) is 18.7 Å². The fraction of sp³-hybridized carbons (Fsp3) is 0.952. The Morgan fingerprint density at radius 1 is 0.509 bits per heavy atom. The van der Waals surface area contributed by atoms with Gasteiger partial charge in [-0.2, -0.15) is 0 Å². The number of hydrogen-bond acceptors (Lipinski definition) is 15. The molecule has 0 amide bonds.